The molecule has 0 atom stereocenters. The maximum Gasteiger partial charge on any atom is 0.200 e. The maximum absolute atomic E-state index is 13.4. The molecule has 0 fully saturated rings. The van der Waals surface area contributed by atoms with Gasteiger partial charge in [0.25, 0.3) is 0 Å². The third-order valence-electron chi connectivity index (χ3n) is 2.58. The van der Waals surface area contributed by atoms with E-state index in [-0.39, 0.29) is 11.3 Å². The van der Waals surface area contributed by atoms with Crippen molar-refractivity contribution in [3.05, 3.63) is 57.3 Å². The Kier molecular flexibility index (Phi) is 4.65. The molecule has 2 N–H and O–H groups in total. The van der Waals surface area contributed by atoms with Gasteiger partial charge in [0.1, 0.15) is 11.4 Å². The second kappa shape index (κ2) is 6.30. The lowest BCUT2D eigenvalue weighted by atomic mass is 10.2. The van der Waals surface area contributed by atoms with Crippen LogP contribution in [0.25, 0.3) is 0 Å². The summed E-state index contributed by atoms with van der Waals surface area (Å²) in [5, 5.41) is 12.9. The number of anilines is 1. The van der Waals surface area contributed by atoms with Crippen LogP contribution >= 0.6 is 15.9 Å². The number of benzene rings is 2. The van der Waals surface area contributed by atoms with E-state index in [0.29, 0.717) is 4.47 Å². The van der Waals surface area contributed by atoms with Crippen LogP contribution in [0.15, 0.2) is 27.8 Å². The predicted molar refractivity (Wildman–Crippen MR) is 73.3 cm³/mol. The molecule has 0 saturated carbocycles. The molecule has 22 heavy (non-hydrogen) atoms. The second-order valence-electron chi connectivity index (χ2n) is 4.02. The molecule has 2 aromatic rings. The zero-order valence-corrected chi connectivity index (χ0v) is 12.1. The van der Waals surface area contributed by atoms with E-state index in [4.69, 9.17) is 0 Å². The van der Waals surface area contributed by atoms with Crippen molar-refractivity contribution < 1.29 is 27.1 Å². The van der Waals surface area contributed by atoms with E-state index in [0.717, 1.165) is 6.21 Å². The fourth-order valence-corrected chi connectivity index (χ4v) is 1.88. The minimum atomic E-state index is -2.26. The third kappa shape index (κ3) is 3.03. The summed E-state index contributed by atoms with van der Waals surface area (Å²) in [6, 6.07) is 4.28. The molecular weight excluding hydrogens is 375 g/mol. The van der Waals surface area contributed by atoms with Crippen LogP contribution in [0.3, 0.4) is 0 Å². The molecular formula is C13H6BrF5N2O. The number of nitrogens with one attached hydrogen (secondary N) is 1. The first-order valence-corrected chi connectivity index (χ1v) is 6.41. The summed E-state index contributed by atoms with van der Waals surface area (Å²) in [7, 11) is 0. The number of phenols is 1. The standard InChI is InChI=1S/C13H6BrF5N2O/c14-6-1-2-7(22)5(3-6)4-20-21-13-11(18)9(16)8(15)10(17)12(13)19/h1-4,21-22H/b20-4+. The lowest BCUT2D eigenvalue weighted by Crippen LogP contribution is -2.06. The highest BCUT2D eigenvalue weighted by Gasteiger charge is 2.25. The quantitative estimate of drug-likeness (QED) is 0.274. The van der Waals surface area contributed by atoms with Crippen LogP contribution in [-0.2, 0) is 0 Å². The molecule has 2 rings (SSSR count). The fraction of sp³-hybridized carbons (Fsp3) is 0. The number of aromatic hydroxyl groups is 1. The highest BCUT2D eigenvalue weighted by molar-refractivity contribution is 9.10. The smallest absolute Gasteiger partial charge is 0.200 e. The molecule has 0 saturated heterocycles. The summed E-state index contributed by atoms with van der Waals surface area (Å²) in [6.45, 7) is 0. The second-order valence-corrected chi connectivity index (χ2v) is 4.93. The van der Waals surface area contributed by atoms with Gasteiger partial charge in [-0.05, 0) is 18.2 Å². The normalized spacial score (nSPS) is 11.2. The van der Waals surface area contributed by atoms with Crippen LogP contribution in [0.5, 0.6) is 5.75 Å². The summed E-state index contributed by atoms with van der Waals surface area (Å²) in [4.78, 5) is 0. The van der Waals surface area contributed by atoms with E-state index in [1.165, 1.54) is 18.2 Å². The van der Waals surface area contributed by atoms with Gasteiger partial charge >= 0.3 is 0 Å². The first-order valence-electron chi connectivity index (χ1n) is 5.62. The van der Waals surface area contributed by atoms with Gasteiger partial charge < -0.3 is 5.11 Å². The minimum absolute atomic E-state index is 0.158. The van der Waals surface area contributed by atoms with Gasteiger partial charge in [-0.25, -0.2) is 22.0 Å². The summed E-state index contributed by atoms with van der Waals surface area (Å²) < 4.78 is 66.1. The van der Waals surface area contributed by atoms with Crippen molar-refractivity contribution >= 4 is 27.8 Å². The van der Waals surface area contributed by atoms with Crippen molar-refractivity contribution in [3.8, 4) is 5.75 Å². The third-order valence-corrected chi connectivity index (χ3v) is 3.07. The highest BCUT2D eigenvalue weighted by atomic mass is 79.9. The molecule has 116 valence electrons. The van der Waals surface area contributed by atoms with Crippen LogP contribution in [-0.4, -0.2) is 11.3 Å². The van der Waals surface area contributed by atoms with E-state index in [1.807, 2.05) is 0 Å². The van der Waals surface area contributed by atoms with Crippen molar-refractivity contribution in [2.75, 3.05) is 5.43 Å². The summed E-state index contributed by atoms with van der Waals surface area (Å²) in [6.07, 6.45) is 0.956. The molecule has 3 nitrogen and oxygen atoms in total. The number of hydrogen-bond acceptors (Lipinski definition) is 3. The molecule has 0 heterocycles. The maximum atomic E-state index is 13.4. The highest BCUT2D eigenvalue weighted by Crippen LogP contribution is 2.27. The molecule has 2 aromatic carbocycles. The zero-order valence-electron chi connectivity index (χ0n) is 10.5. The van der Waals surface area contributed by atoms with Gasteiger partial charge in [0.2, 0.25) is 5.82 Å². The summed E-state index contributed by atoms with van der Waals surface area (Å²) in [5.41, 5.74) is 0.600. The lowest BCUT2D eigenvalue weighted by molar-refractivity contribution is 0.381. The Balaban J connectivity index is 2.33. The molecule has 0 aliphatic heterocycles. The zero-order chi connectivity index (χ0) is 16.4. The van der Waals surface area contributed by atoms with Crippen LogP contribution in [0, 0.1) is 29.1 Å². The van der Waals surface area contributed by atoms with Gasteiger partial charge in [0.05, 0.1) is 6.21 Å². The number of hydrogen-bond donors (Lipinski definition) is 2. The van der Waals surface area contributed by atoms with Crippen molar-refractivity contribution in [2.45, 2.75) is 0 Å². The van der Waals surface area contributed by atoms with Crippen molar-refractivity contribution in [2.24, 2.45) is 5.10 Å². The molecule has 0 aliphatic carbocycles. The van der Waals surface area contributed by atoms with Crippen LogP contribution in [0.2, 0.25) is 0 Å². The van der Waals surface area contributed by atoms with E-state index >= 15 is 0 Å². The van der Waals surface area contributed by atoms with Gasteiger partial charge in [0, 0.05) is 10.0 Å². The van der Waals surface area contributed by atoms with Gasteiger partial charge in [-0.2, -0.15) is 5.10 Å². The predicted octanol–water partition coefficient (Wildman–Crippen LogP) is 4.30. The number of phenolic OH excluding ortho intramolecular Hbond substituents is 1. The Hall–Kier alpha value is -2.16. The van der Waals surface area contributed by atoms with E-state index in [9.17, 15) is 27.1 Å². The van der Waals surface area contributed by atoms with Gasteiger partial charge in [-0.3, -0.25) is 5.43 Å². The minimum Gasteiger partial charge on any atom is -0.507 e. The lowest BCUT2D eigenvalue weighted by Gasteiger charge is -2.07. The largest absolute Gasteiger partial charge is 0.507 e. The first-order chi connectivity index (χ1) is 10.3. The average Bonchev–Trinajstić information content (AvgIpc) is 2.50. The van der Waals surface area contributed by atoms with E-state index in [1.54, 1.807) is 5.43 Å². The summed E-state index contributed by atoms with van der Waals surface area (Å²) in [5.74, 6) is -10.7. The molecule has 9 heteroatoms. The molecule has 0 bridgehead atoms. The SMILES string of the molecule is Oc1ccc(Br)cc1/C=N/Nc1c(F)c(F)c(F)c(F)c1F. The van der Waals surface area contributed by atoms with Crippen molar-refractivity contribution in [3.63, 3.8) is 0 Å². The fourth-order valence-electron chi connectivity index (χ4n) is 1.50. The molecule has 0 aliphatic rings. The van der Waals surface area contributed by atoms with Gasteiger partial charge in [-0.1, -0.05) is 15.9 Å². The topological polar surface area (TPSA) is 44.6 Å². The molecule has 0 radical (unpaired) electrons. The Morgan fingerprint density at radius 2 is 1.50 bits per heavy atom. The number of halogens is 6. The van der Waals surface area contributed by atoms with Crippen molar-refractivity contribution in [1.29, 1.82) is 0 Å². The van der Waals surface area contributed by atoms with Crippen LogP contribution < -0.4 is 5.43 Å². The average molecular weight is 381 g/mol. The van der Waals surface area contributed by atoms with E-state index < -0.39 is 34.8 Å². The number of nitrogens with zero attached hydrogens (tertiary/aromatic N) is 1. The van der Waals surface area contributed by atoms with Crippen LogP contribution in [0.1, 0.15) is 5.56 Å². The molecule has 0 spiro atoms. The van der Waals surface area contributed by atoms with Crippen molar-refractivity contribution in [1.82, 2.24) is 0 Å². The van der Waals surface area contributed by atoms with Crippen LogP contribution in [0.4, 0.5) is 27.6 Å². The van der Waals surface area contributed by atoms with Gasteiger partial charge in [0.15, 0.2) is 23.3 Å². The summed E-state index contributed by atoms with van der Waals surface area (Å²) >= 11 is 3.13. The number of rotatable bonds is 3. The molecule has 0 unspecified atom stereocenters. The van der Waals surface area contributed by atoms with E-state index in [2.05, 4.69) is 21.0 Å². The number of hydrazone groups is 1. The monoisotopic (exact) mass is 380 g/mol. The first kappa shape index (κ1) is 16.2. The molecule has 0 aromatic heterocycles. The Morgan fingerprint density at radius 3 is 2.09 bits per heavy atom. The Bertz CT molecular complexity index is 738. The Labute approximate surface area is 129 Å². The Morgan fingerprint density at radius 1 is 0.955 bits per heavy atom. The van der Waals surface area contributed by atoms with Gasteiger partial charge in [-0.15, -0.1) is 0 Å². The molecule has 0 amide bonds.